The monoisotopic (exact) mass is 424 g/mol. The Morgan fingerprint density at radius 3 is 1.92 bits per heavy atom. The van der Waals surface area contributed by atoms with Crippen LogP contribution >= 0.6 is 0 Å². The molecule has 0 N–H and O–H groups in total. The summed E-state index contributed by atoms with van der Waals surface area (Å²) in [5, 5.41) is -0.0833. The SMILES string of the molecule is COC(=O)C(CC[Se](=O)(=O)c1ccccc1)(c1ccccc1)[N+](C)(C)C. The van der Waals surface area contributed by atoms with Gasteiger partial charge in [-0.3, -0.25) is 0 Å². The van der Waals surface area contributed by atoms with Crippen molar-refractivity contribution in [3.05, 3.63) is 66.2 Å². The van der Waals surface area contributed by atoms with Crippen LogP contribution in [0.15, 0.2) is 60.7 Å². The van der Waals surface area contributed by atoms with Gasteiger partial charge in [-0.2, -0.15) is 0 Å². The zero-order valence-corrected chi connectivity index (χ0v) is 17.4. The van der Waals surface area contributed by atoms with Crippen molar-refractivity contribution >= 4 is 23.1 Å². The first kappa shape index (κ1) is 20.3. The number of rotatable bonds is 7. The quantitative estimate of drug-likeness (QED) is 0.390. The molecule has 5 nitrogen and oxygen atoms in total. The molecule has 2 rings (SSSR count). The van der Waals surface area contributed by atoms with Crippen molar-refractivity contribution in [2.75, 3.05) is 28.3 Å². The number of nitrogens with zero attached hydrogens (tertiary/aromatic N) is 1. The average Bonchev–Trinajstić information content (AvgIpc) is 2.62. The van der Waals surface area contributed by atoms with Gasteiger partial charge in [0, 0.05) is 0 Å². The third-order valence-electron chi connectivity index (χ3n) is 4.75. The van der Waals surface area contributed by atoms with Crippen molar-refractivity contribution in [2.24, 2.45) is 0 Å². The minimum atomic E-state index is -4.38. The van der Waals surface area contributed by atoms with E-state index in [2.05, 4.69) is 0 Å². The minimum absolute atomic E-state index is 0.0833. The van der Waals surface area contributed by atoms with E-state index < -0.39 is 24.2 Å². The van der Waals surface area contributed by atoms with Crippen molar-refractivity contribution in [1.82, 2.24) is 0 Å². The molecule has 0 aliphatic carbocycles. The van der Waals surface area contributed by atoms with E-state index in [0.717, 1.165) is 5.56 Å². The van der Waals surface area contributed by atoms with Crippen molar-refractivity contribution < 1.29 is 21.7 Å². The number of methoxy groups -OCH3 is 1. The van der Waals surface area contributed by atoms with Crippen LogP contribution in [0.25, 0.3) is 0 Å². The Bertz CT molecular complexity index is 842. The predicted molar refractivity (Wildman–Crippen MR) is 101 cm³/mol. The molecular formula is C20H26NO4Se+. The molecule has 0 heterocycles. The average molecular weight is 423 g/mol. The number of hydrogen-bond donors (Lipinski definition) is 0. The maximum atomic E-state index is 12.9. The maximum absolute atomic E-state index is 12.9. The van der Waals surface area contributed by atoms with Gasteiger partial charge in [0.15, 0.2) is 0 Å². The molecule has 1 unspecified atom stereocenters. The van der Waals surface area contributed by atoms with Crippen LogP contribution in [-0.2, 0) is 22.7 Å². The summed E-state index contributed by atoms with van der Waals surface area (Å²) in [4.78, 5) is 12.9. The number of carbonyl (C=O) groups excluding carboxylic acids is 1. The summed E-state index contributed by atoms with van der Waals surface area (Å²) in [6.07, 6.45) is 0.148. The number of quaternary nitrogens is 1. The fraction of sp³-hybridized carbons (Fsp3) is 0.350. The number of benzene rings is 2. The zero-order chi connectivity index (χ0) is 19.4. The van der Waals surface area contributed by atoms with Gasteiger partial charge < -0.3 is 0 Å². The predicted octanol–water partition coefficient (Wildman–Crippen LogP) is 2.36. The van der Waals surface area contributed by atoms with Crippen LogP contribution in [0.3, 0.4) is 0 Å². The van der Waals surface area contributed by atoms with Gasteiger partial charge in [-0.15, -0.1) is 0 Å². The van der Waals surface area contributed by atoms with Gasteiger partial charge in [-0.1, -0.05) is 0 Å². The van der Waals surface area contributed by atoms with Crippen molar-refractivity contribution in [3.63, 3.8) is 0 Å². The molecule has 0 aliphatic rings. The molecular weight excluding hydrogens is 397 g/mol. The fourth-order valence-corrected chi connectivity index (χ4v) is 6.15. The van der Waals surface area contributed by atoms with Crippen LogP contribution in [0.2, 0.25) is 5.32 Å². The molecule has 0 radical (unpaired) electrons. The summed E-state index contributed by atoms with van der Waals surface area (Å²) in [6.45, 7) is 0. The van der Waals surface area contributed by atoms with E-state index in [9.17, 15) is 12.5 Å². The molecule has 140 valence electrons. The Hall–Kier alpha value is -2.01. The van der Waals surface area contributed by atoms with Gasteiger partial charge in [0.2, 0.25) is 0 Å². The molecule has 6 heteroatoms. The topological polar surface area (TPSA) is 60.4 Å². The molecule has 2 aromatic rings. The summed E-state index contributed by atoms with van der Waals surface area (Å²) in [7, 11) is 6.99. The molecule has 0 saturated carbocycles. The molecule has 0 bridgehead atoms. The van der Waals surface area contributed by atoms with E-state index in [1.165, 1.54) is 7.11 Å². The van der Waals surface area contributed by atoms with Gasteiger partial charge in [0.05, 0.1) is 0 Å². The Labute approximate surface area is 156 Å². The van der Waals surface area contributed by atoms with Crippen LogP contribution in [0.4, 0.5) is 0 Å². The summed E-state index contributed by atoms with van der Waals surface area (Å²) >= 11 is -4.38. The molecule has 0 amide bonds. The number of esters is 1. The molecule has 26 heavy (non-hydrogen) atoms. The van der Waals surface area contributed by atoms with Crippen molar-refractivity contribution in [3.8, 4) is 0 Å². The standard InChI is InChI=1S/C20H26NO4Se/c1-21(2,3)20(19(22)25-4,17-11-7-5-8-12-17)15-16-26(23,24)18-13-9-6-10-14-18/h5-14H,15-16H2,1-4H3/q+1. The first-order chi connectivity index (χ1) is 12.1. The summed E-state index contributed by atoms with van der Waals surface area (Å²) < 4.78 is 31.4. The molecule has 1 atom stereocenters. The molecule has 0 fully saturated rings. The Morgan fingerprint density at radius 1 is 0.962 bits per heavy atom. The second kappa shape index (κ2) is 7.70. The summed E-state index contributed by atoms with van der Waals surface area (Å²) in [6, 6.07) is 17.7. The van der Waals surface area contributed by atoms with Gasteiger partial charge in [0.1, 0.15) is 0 Å². The van der Waals surface area contributed by atoms with Crippen LogP contribution in [0, 0.1) is 0 Å². The van der Waals surface area contributed by atoms with Gasteiger partial charge in [0.25, 0.3) is 0 Å². The molecule has 0 aliphatic heterocycles. The number of carbonyl (C=O) groups is 1. The van der Waals surface area contributed by atoms with Crippen LogP contribution in [0.1, 0.15) is 12.0 Å². The number of likely N-dealkylation sites (N-methyl/N-ethyl adjacent to an activating group) is 1. The summed E-state index contributed by atoms with van der Waals surface area (Å²) in [5.74, 6) is -0.433. The van der Waals surface area contributed by atoms with Gasteiger partial charge in [-0.05, 0) is 0 Å². The van der Waals surface area contributed by atoms with Gasteiger partial charge in [-0.25, -0.2) is 0 Å². The first-order valence-electron chi connectivity index (χ1n) is 8.38. The van der Waals surface area contributed by atoms with E-state index in [1.807, 2.05) is 51.5 Å². The second-order valence-electron chi connectivity index (χ2n) is 7.11. The van der Waals surface area contributed by atoms with E-state index in [4.69, 9.17) is 4.74 Å². The Morgan fingerprint density at radius 2 is 1.46 bits per heavy atom. The van der Waals surface area contributed by atoms with E-state index in [0.29, 0.717) is 4.46 Å². The fourth-order valence-electron chi connectivity index (χ4n) is 3.27. The van der Waals surface area contributed by atoms with Crippen LogP contribution in [-0.4, -0.2) is 51.4 Å². The zero-order valence-electron chi connectivity index (χ0n) is 15.7. The van der Waals surface area contributed by atoms with Crippen LogP contribution < -0.4 is 4.46 Å². The second-order valence-corrected chi connectivity index (χ2v) is 11.5. The van der Waals surface area contributed by atoms with Crippen molar-refractivity contribution in [2.45, 2.75) is 17.3 Å². The van der Waals surface area contributed by atoms with E-state index in [-0.39, 0.29) is 16.2 Å². The third kappa shape index (κ3) is 3.88. The van der Waals surface area contributed by atoms with E-state index >= 15 is 0 Å². The molecule has 0 aromatic heterocycles. The molecule has 0 spiro atoms. The van der Waals surface area contributed by atoms with Gasteiger partial charge >= 0.3 is 157 Å². The molecule has 0 saturated heterocycles. The Balaban J connectivity index is 2.50. The Kier molecular flexibility index (Phi) is 6.01. The number of hydrogen-bond acceptors (Lipinski definition) is 4. The van der Waals surface area contributed by atoms with Crippen LogP contribution in [0.5, 0.6) is 0 Å². The summed E-state index contributed by atoms with van der Waals surface area (Å²) in [5.41, 5.74) is -0.359. The van der Waals surface area contributed by atoms with E-state index in [1.54, 1.807) is 30.3 Å². The number of ether oxygens (including phenoxy) is 1. The third-order valence-corrected chi connectivity index (χ3v) is 8.39. The van der Waals surface area contributed by atoms with Crippen molar-refractivity contribution in [1.29, 1.82) is 0 Å². The first-order valence-corrected chi connectivity index (χ1v) is 11.8. The molecule has 2 aromatic carbocycles. The normalized spacial score (nSPS) is 14.5.